The normalized spacial score (nSPS) is 10.5. The second-order valence-electron chi connectivity index (χ2n) is 2.86. The van der Waals surface area contributed by atoms with Crippen LogP contribution in [0.25, 0.3) is 0 Å². The Morgan fingerprint density at radius 1 is 1.33 bits per heavy atom. The fourth-order valence-electron chi connectivity index (χ4n) is 1.00. The minimum Gasteiger partial charge on any atom is -0.466 e. The summed E-state index contributed by atoms with van der Waals surface area (Å²) >= 11 is 0. The lowest BCUT2D eigenvalue weighted by molar-refractivity contribution is -0.142. The highest BCUT2D eigenvalue weighted by Gasteiger charge is 1.98. The summed E-state index contributed by atoms with van der Waals surface area (Å²) in [5, 5.41) is 7.84. The number of esters is 1. The van der Waals surface area contributed by atoms with Crippen molar-refractivity contribution in [1.82, 2.24) is 0 Å². The third kappa shape index (κ3) is 4.90. The lowest BCUT2D eigenvalue weighted by Crippen LogP contribution is -2.04. The number of ether oxygens (including phenoxy) is 1. The molecule has 80 valence electrons. The molecule has 0 amide bonds. The molecule has 0 atom stereocenters. The van der Waals surface area contributed by atoms with Crippen LogP contribution in [0.4, 0.5) is 5.69 Å². The molecule has 1 aromatic carbocycles. The first-order chi connectivity index (χ1) is 7.33. The second-order valence-corrected chi connectivity index (χ2v) is 2.86. The third-order valence-electron chi connectivity index (χ3n) is 1.66. The van der Waals surface area contributed by atoms with Crippen molar-refractivity contribution in [2.45, 2.75) is 13.3 Å². The van der Waals surface area contributed by atoms with Crippen molar-refractivity contribution in [3.05, 3.63) is 30.3 Å². The van der Waals surface area contributed by atoms with Crippen LogP contribution >= 0.6 is 0 Å². The molecule has 15 heavy (non-hydrogen) atoms. The summed E-state index contributed by atoms with van der Waals surface area (Å²) in [5.41, 5.74) is 0.793. The van der Waals surface area contributed by atoms with Crippen LogP contribution < -0.4 is 0 Å². The maximum absolute atomic E-state index is 10.9. The van der Waals surface area contributed by atoms with E-state index in [0.29, 0.717) is 13.2 Å². The van der Waals surface area contributed by atoms with Gasteiger partial charge in [0.2, 0.25) is 0 Å². The van der Waals surface area contributed by atoms with Gasteiger partial charge in [0, 0.05) is 0 Å². The van der Waals surface area contributed by atoms with Crippen LogP contribution in [0, 0.1) is 0 Å². The Hall–Kier alpha value is -1.71. The summed E-state index contributed by atoms with van der Waals surface area (Å²) in [6, 6.07) is 9.40. The quantitative estimate of drug-likeness (QED) is 0.549. The first kappa shape index (κ1) is 11.4. The van der Waals surface area contributed by atoms with Crippen molar-refractivity contribution in [3.8, 4) is 0 Å². The standard InChI is InChI=1S/C11H14N2O2/c1-2-15-11(14)8-9-12-13-10-6-4-3-5-7-10/h3-7H,2,8-9H2,1H3. The maximum Gasteiger partial charge on any atom is 0.307 e. The van der Waals surface area contributed by atoms with E-state index in [1.165, 1.54) is 0 Å². The van der Waals surface area contributed by atoms with Crippen LogP contribution in [-0.4, -0.2) is 19.1 Å². The summed E-state index contributed by atoms with van der Waals surface area (Å²) in [7, 11) is 0. The van der Waals surface area contributed by atoms with Crippen molar-refractivity contribution in [3.63, 3.8) is 0 Å². The average Bonchev–Trinajstić information content (AvgIpc) is 2.26. The molecule has 0 spiro atoms. The highest BCUT2D eigenvalue weighted by atomic mass is 16.5. The van der Waals surface area contributed by atoms with E-state index < -0.39 is 0 Å². The molecule has 4 nitrogen and oxygen atoms in total. The average molecular weight is 206 g/mol. The Morgan fingerprint density at radius 3 is 2.73 bits per heavy atom. The molecule has 0 radical (unpaired) electrons. The molecule has 0 bridgehead atoms. The van der Waals surface area contributed by atoms with Gasteiger partial charge < -0.3 is 4.74 Å². The van der Waals surface area contributed by atoms with Gasteiger partial charge >= 0.3 is 5.97 Å². The van der Waals surface area contributed by atoms with Crippen molar-refractivity contribution in [1.29, 1.82) is 0 Å². The van der Waals surface area contributed by atoms with Gasteiger partial charge in [-0.1, -0.05) is 18.2 Å². The zero-order valence-electron chi connectivity index (χ0n) is 8.72. The number of azo groups is 1. The van der Waals surface area contributed by atoms with Crippen molar-refractivity contribution >= 4 is 11.7 Å². The van der Waals surface area contributed by atoms with Gasteiger partial charge in [-0.2, -0.15) is 10.2 Å². The monoisotopic (exact) mass is 206 g/mol. The molecule has 0 aliphatic rings. The van der Waals surface area contributed by atoms with Gasteiger partial charge in [0.15, 0.2) is 0 Å². The minimum absolute atomic E-state index is 0.232. The first-order valence-electron chi connectivity index (χ1n) is 4.91. The highest BCUT2D eigenvalue weighted by molar-refractivity contribution is 5.69. The second kappa shape index (κ2) is 6.70. The summed E-state index contributed by atoms with van der Waals surface area (Å²) in [6.45, 7) is 2.56. The van der Waals surface area contributed by atoms with Crippen molar-refractivity contribution in [2.75, 3.05) is 13.2 Å². The summed E-state index contributed by atoms with van der Waals surface area (Å²) in [5.74, 6) is -0.232. The van der Waals surface area contributed by atoms with Crippen LogP contribution in [0.1, 0.15) is 13.3 Å². The van der Waals surface area contributed by atoms with Crippen molar-refractivity contribution in [2.24, 2.45) is 10.2 Å². The number of hydrogen-bond acceptors (Lipinski definition) is 4. The van der Waals surface area contributed by atoms with E-state index in [1.54, 1.807) is 6.92 Å². The Morgan fingerprint density at radius 2 is 2.07 bits per heavy atom. The third-order valence-corrected chi connectivity index (χ3v) is 1.66. The molecule has 0 aromatic heterocycles. The summed E-state index contributed by atoms with van der Waals surface area (Å²) < 4.78 is 4.75. The maximum atomic E-state index is 10.9. The molecule has 0 heterocycles. The lowest BCUT2D eigenvalue weighted by Gasteiger charge is -1.97. The van der Waals surface area contributed by atoms with Gasteiger partial charge in [0.05, 0.1) is 25.3 Å². The Labute approximate surface area is 89.0 Å². The molecule has 0 fully saturated rings. The molecule has 4 heteroatoms. The molecule has 0 saturated carbocycles. The highest BCUT2D eigenvalue weighted by Crippen LogP contribution is 2.09. The van der Waals surface area contributed by atoms with Gasteiger partial charge in [0.25, 0.3) is 0 Å². The van der Waals surface area contributed by atoms with Gasteiger partial charge in [-0.05, 0) is 19.1 Å². The van der Waals surface area contributed by atoms with Crippen LogP contribution in [0.2, 0.25) is 0 Å². The Bertz CT molecular complexity index is 323. The topological polar surface area (TPSA) is 51.0 Å². The molecular weight excluding hydrogens is 192 g/mol. The van der Waals surface area contributed by atoms with E-state index in [4.69, 9.17) is 4.74 Å². The number of benzene rings is 1. The van der Waals surface area contributed by atoms with Gasteiger partial charge in [-0.15, -0.1) is 0 Å². The van der Waals surface area contributed by atoms with E-state index in [9.17, 15) is 4.79 Å². The smallest absolute Gasteiger partial charge is 0.307 e. The fourth-order valence-corrected chi connectivity index (χ4v) is 1.00. The van der Waals surface area contributed by atoms with E-state index in [-0.39, 0.29) is 12.4 Å². The first-order valence-corrected chi connectivity index (χ1v) is 4.91. The van der Waals surface area contributed by atoms with Gasteiger partial charge in [0.1, 0.15) is 0 Å². The van der Waals surface area contributed by atoms with Crippen molar-refractivity contribution < 1.29 is 9.53 Å². The predicted molar refractivity (Wildman–Crippen MR) is 57.1 cm³/mol. The Kier molecular flexibility index (Phi) is 5.08. The van der Waals surface area contributed by atoms with Gasteiger partial charge in [-0.3, -0.25) is 4.79 Å². The fraction of sp³-hybridized carbons (Fsp3) is 0.364. The molecule has 0 aliphatic carbocycles. The van der Waals surface area contributed by atoms with Crippen LogP contribution in [0.15, 0.2) is 40.6 Å². The number of carbonyl (C=O) groups is 1. The number of carbonyl (C=O) groups excluding carboxylic acids is 1. The largest absolute Gasteiger partial charge is 0.466 e. The molecule has 0 N–H and O–H groups in total. The summed E-state index contributed by atoms with van der Waals surface area (Å²) in [4.78, 5) is 10.9. The van der Waals surface area contributed by atoms with E-state index in [0.717, 1.165) is 5.69 Å². The zero-order chi connectivity index (χ0) is 10.9. The minimum atomic E-state index is -0.232. The molecule has 1 rings (SSSR count). The number of hydrogen-bond donors (Lipinski definition) is 0. The SMILES string of the molecule is CCOC(=O)CCN=Nc1ccccc1. The molecule has 0 unspecified atom stereocenters. The molecular formula is C11H14N2O2. The van der Waals surface area contributed by atoms with Crippen LogP contribution in [-0.2, 0) is 9.53 Å². The molecule has 0 aliphatic heterocycles. The number of nitrogens with zero attached hydrogens (tertiary/aromatic N) is 2. The van der Waals surface area contributed by atoms with Crippen LogP contribution in [0.3, 0.4) is 0 Å². The van der Waals surface area contributed by atoms with E-state index in [2.05, 4.69) is 10.2 Å². The number of rotatable bonds is 5. The van der Waals surface area contributed by atoms with Crippen LogP contribution in [0.5, 0.6) is 0 Å². The predicted octanol–water partition coefficient (Wildman–Crippen LogP) is 2.72. The molecule has 1 aromatic rings. The van der Waals surface area contributed by atoms with E-state index in [1.807, 2.05) is 30.3 Å². The zero-order valence-corrected chi connectivity index (χ0v) is 8.72. The molecule has 0 saturated heterocycles. The summed E-state index contributed by atoms with van der Waals surface area (Å²) in [6.07, 6.45) is 0.282. The lowest BCUT2D eigenvalue weighted by atomic mass is 10.3. The van der Waals surface area contributed by atoms with Gasteiger partial charge in [-0.25, -0.2) is 0 Å². The van der Waals surface area contributed by atoms with E-state index >= 15 is 0 Å². The Balaban J connectivity index is 2.26.